The van der Waals surface area contributed by atoms with Crippen LogP contribution in [0, 0.1) is 5.92 Å². The smallest absolute Gasteiger partial charge is 0.133 e. The predicted molar refractivity (Wildman–Crippen MR) is 76.1 cm³/mol. The van der Waals surface area contributed by atoms with Gasteiger partial charge in [-0.15, -0.1) is 0 Å². The molecule has 0 N–H and O–H groups in total. The minimum Gasteiger partial charge on any atom is -0.493 e. The molecule has 0 amide bonds. The molecular weight excluding hydrogens is 292 g/mol. The van der Waals surface area contributed by atoms with E-state index in [0.717, 1.165) is 35.2 Å². The summed E-state index contributed by atoms with van der Waals surface area (Å²) in [6.07, 6.45) is 3.05. The maximum Gasteiger partial charge on any atom is 0.133 e. The highest BCUT2D eigenvalue weighted by Crippen LogP contribution is 2.33. The predicted octanol–water partition coefficient (Wildman–Crippen LogP) is 3.93. The molecule has 1 aromatic rings. The van der Waals surface area contributed by atoms with Gasteiger partial charge in [-0.3, -0.25) is 4.79 Å². The average molecular weight is 311 g/mol. The summed E-state index contributed by atoms with van der Waals surface area (Å²) in [6.45, 7) is 4.92. The monoisotopic (exact) mass is 310 g/mol. The van der Waals surface area contributed by atoms with Gasteiger partial charge in [0.1, 0.15) is 11.5 Å². The highest BCUT2D eigenvalue weighted by molar-refractivity contribution is 9.10. The Kier molecular flexibility index (Phi) is 4.44. The minimum atomic E-state index is 0.344. The average Bonchev–Trinajstić information content (AvgIpc) is 2.72. The molecule has 2 nitrogen and oxygen atoms in total. The molecule has 3 heteroatoms. The number of hydrogen-bond donors (Lipinski definition) is 0. The molecule has 1 aliphatic heterocycles. The fourth-order valence-electron chi connectivity index (χ4n) is 2.36. The normalized spacial score (nSPS) is 13.6. The number of aryl methyl sites for hydroxylation is 1. The lowest BCUT2D eigenvalue weighted by Crippen LogP contribution is -2.04. The summed E-state index contributed by atoms with van der Waals surface area (Å²) in [7, 11) is 0. The first kappa shape index (κ1) is 13.6. The standard InChI is InChI=1S/C15H19BrO2/c1-10(2)7-14(17)4-3-11-8-13(16)9-12-5-6-18-15(11)12/h8-10H,3-7H2,1-2H3. The molecule has 0 unspecified atom stereocenters. The van der Waals surface area contributed by atoms with Gasteiger partial charge in [0, 0.05) is 23.7 Å². The van der Waals surface area contributed by atoms with E-state index in [1.165, 1.54) is 5.56 Å². The summed E-state index contributed by atoms with van der Waals surface area (Å²) in [5.74, 6) is 1.80. The number of Topliss-reactive ketones (excluding diaryl/α,β-unsaturated/α-hetero) is 1. The molecule has 0 radical (unpaired) electrons. The van der Waals surface area contributed by atoms with Crippen molar-refractivity contribution in [2.45, 2.75) is 39.5 Å². The van der Waals surface area contributed by atoms with E-state index >= 15 is 0 Å². The van der Waals surface area contributed by atoms with Gasteiger partial charge in [-0.2, -0.15) is 0 Å². The van der Waals surface area contributed by atoms with Crippen molar-refractivity contribution < 1.29 is 9.53 Å². The van der Waals surface area contributed by atoms with Gasteiger partial charge < -0.3 is 4.74 Å². The highest BCUT2D eigenvalue weighted by Gasteiger charge is 2.18. The first-order chi connectivity index (χ1) is 8.56. The van der Waals surface area contributed by atoms with Gasteiger partial charge in [-0.1, -0.05) is 29.8 Å². The zero-order chi connectivity index (χ0) is 13.1. The highest BCUT2D eigenvalue weighted by atomic mass is 79.9. The Morgan fingerprint density at radius 3 is 2.94 bits per heavy atom. The van der Waals surface area contributed by atoms with E-state index in [1.807, 2.05) is 0 Å². The maximum absolute atomic E-state index is 11.8. The van der Waals surface area contributed by atoms with Crippen molar-refractivity contribution in [2.24, 2.45) is 5.92 Å². The Morgan fingerprint density at radius 1 is 1.44 bits per heavy atom. The number of rotatable bonds is 5. The zero-order valence-corrected chi connectivity index (χ0v) is 12.5. The number of carbonyl (C=O) groups excluding carboxylic acids is 1. The van der Waals surface area contributed by atoms with Crippen molar-refractivity contribution in [1.29, 1.82) is 0 Å². The number of halogens is 1. The zero-order valence-electron chi connectivity index (χ0n) is 11.0. The molecule has 0 spiro atoms. The van der Waals surface area contributed by atoms with Crippen LogP contribution in [0.2, 0.25) is 0 Å². The molecule has 1 aliphatic rings. The summed E-state index contributed by atoms with van der Waals surface area (Å²) in [4.78, 5) is 11.8. The van der Waals surface area contributed by atoms with Crippen molar-refractivity contribution in [2.75, 3.05) is 6.61 Å². The first-order valence-corrected chi connectivity index (χ1v) is 7.31. The van der Waals surface area contributed by atoms with Crippen molar-refractivity contribution in [1.82, 2.24) is 0 Å². The van der Waals surface area contributed by atoms with Gasteiger partial charge in [0.2, 0.25) is 0 Å². The van der Waals surface area contributed by atoms with Crippen LogP contribution in [0.25, 0.3) is 0 Å². The van der Waals surface area contributed by atoms with Gasteiger partial charge in [-0.05, 0) is 35.6 Å². The first-order valence-electron chi connectivity index (χ1n) is 6.52. The number of carbonyl (C=O) groups is 1. The molecule has 2 rings (SSSR count). The van der Waals surface area contributed by atoms with Crippen LogP contribution in [0.4, 0.5) is 0 Å². The molecule has 0 bridgehead atoms. The summed E-state index contributed by atoms with van der Waals surface area (Å²) >= 11 is 3.52. The number of benzene rings is 1. The Hall–Kier alpha value is -0.830. The molecule has 0 aromatic heterocycles. The number of ketones is 1. The summed E-state index contributed by atoms with van der Waals surface area (Å²) in [5, 5.41) is 0. The molecule has 0 aliphatic carbocycles. The largest absolute Gasteiger partial charge is 0.493 e. The fraction of sp³-hybridized carbons (Fsp3) is 0.533. The third kappa shape index (κ3) is 3.35. The Bertz CT molecular complexity index is 452. The fourth-order valence-corrected chi connectivity index (χ4v) is 2.92. The van der Waals surface area contributed by atoms with Crippen molar-refractivity contribution in [3.8, 4) is 5.75 Å². The lowest BCUT2D eigenvalue weighted by Gasteiger charge is -2.09. The topological polar surface area (TPSA) is 26.3 Å². The van der Waals surface area contributed by atoms with Crippen LogP contribution in [0.1, 0.15) is 37.8 Å². The van der Waals surface area contributed by atoms with E-state index in [4.69, 9.17) is 4.74 Å². The molecule has 1 heterocycles. The van der Waals surface area contributed by atoms with E-state index < -0.39 is 0 Å². The van der Waals surface area contributed by atoms with E-state index in [-0.39, 0.29) is 0 Å². The number of ether oxygens (including phenoxy) is 1. The number of fused-ring (bicyclic) bond motifs is 1. The SMILES string of the molecule is CC(C)CC(=O)CCc1cc(Br)cc2c1OCC2. The molecule has 98 valence electrons. The second-order valence-electron chi connectivity index (χ2n) is 5.29. The van der Waals surface area contributed by atoms with E-state index in [0.29, 0.717) is 24.5 Å². The summed E-state index contributed by atoms with van der Waals surface area (Å²) in [5.41, 5.74) is 2.42. The molecule has 0 fully saturated rings. The third-order valence-electron chi connectivity index (χ3n) is 3.13. The third-order valence-corrected chi connectivity index (χ3v) is 3.59. The molecule has 1 aromatic carbocycles. The van der Waals surface area contributed by atoms with Crippen LogP contribution in [0.15, 0.2) is 16.6 Å². The van der Waals surface area contributed by atoms with Crippen LogP contribution >= 0.6 is 15.9 Å². The van der Waals surface area contributed by atoms with Crippen LogP contribution in [-0.2, 0) is 17.6 Å². The Balaban J connectivity index is 2.04. The summed E-state index contributed by atoms with van der Waals surface area (Å²) in [6, 6.07) is 4.19. The quantitative estimate of drug-likeness (QED) is 0.823. The summed E-state index contributed by atoms with van der Waals surface area (Å²) < 4.78 is 6.75. The minimum absolute atomic E-state index is 0.344. The molecule has 0 saturated carbocycles. The van der Waals surface area contributed by atoms with Crippen molar-refractivity contribution >= 4 is 21.7 Å². The van der Waals surface area contributed by atoms with E-state index in [1.54, 1.807) is 0 Å². The lowest BCUT2D eigenvalue weighted by atomic mass is 9.99. The lowest BCUT2D eigenvalue weighted by molar-refractivity contribution is -0.119. The van der Waals surface area contributed by atoms with Gasteiger partial charge >= 0.3 is 0 Å². The Labute approximate surface area is 117 Å². The van der Waals surface area contributed by atoms with Gasteiger partial charge in [0.05, 0.1) is 6.61 Å². The van der Waals surface area contributed by atoms with Crippen LogP contribution in [0.3, 0.4) is 0 Å². The molecule has 0 atom stereocenters. The van der Waals surface area contributed by atoms with Gasteiger partial charge in [0.15, 0.2) is 0 Å². The molecule has 0 saturated heterocycles. The second-order valence-corrected chi connectivity index (χ2v) is 6.20. The van der Waals surface area contributed by atoms with Gasteiger partial charge in [0.25, 0.3) is 0 Å². The van der Waals surface area contributed by atoms with Crippen molar-refractivity contribution in [3.63, 3.8) is 0 Å². The molecule has 18 heavy (non-hydrogen) atoms. The van der Waals surface area contributed by atoms with Gasteiger partial charge in [-0.25, -0.2) is 0 Å². The van der Waals surface area contributed by atoms with Crippen LogP contribution < -0.4 is 4.74 Å². The van der Waals surface area contributed by atoms with E-state index in [9.17, 15) is 4.79 Å². The second kappa shape index (κ2) is 5.87. The van der Waals surface area contributed by atoms with Crippen LogP contribution in [-0.4, -0.2) is 12.4 Å². The Morgan fingerprint density at radius 2 is 2.22 bits per heavy atom. The number of hydrogen-bond acceptors (Lipinski definition) is 2. The van der Waals surface area contributed by atoms with Crippen LogP contribution in [0.5, 0.6) is 5.75 Å². The van der Waals surface area contributed by atoms with E-state index in [2.05, 4.69) is 41.9 Å². The maximum atomic E-state index is 11.8. The van der Waals surface area contributed by atoms with Crippen molar-refractivity contribution in [3.05, 3.63) is 27.7 Å². The molecular formula is C15H19BrO2.